The van der Waals surface area contributed by atoms with Crippen LogP contribution in [-0.2, 0) is 0 Å². The Morgan fingerprint density at radius 3 is 1.20 bits per heavy atom. The van der Waals surface area contributed by atoms with Crippen molar-refractivity contribution in [2.75, 3.05) is 0 Å². The van der Waals surface area contributed by atoms with Crippen molar-refractivity contribution < 1.29 is 0 Å². The van der Waals surface area contributed by atoms with Gasteiger partial charge in [0.25, 0.3) is 0 Å². The highest BCUT2D eigenvalue weighted by molar-refractivity contribution is 6.18. The van der Waals surface area contributed by atoms with E-state index in [1.165, 1.54) is 110 Å². The smallest absolute Gasteiger partial charge is 0.000763 e. The molecular weight excluding hydrogens is 721 g/mol. The minimum atomic E-state index is 1.17. The summed E-state index contributed by atoms with van der Waals surface area (Å²) in [6.45, 7) is 0. The fraction of sp³-hybridized carbons (Fsp3) is 0. The maximum absolute atomic E-state index is 2.50. The monoisotopic (exact) mass is 760 g/mol. The molecule has 0 aliphatic rings. The minimum absolute atomic E-state index is 1.17. The number of benzene rings is 11. The second kappa shape index (κ2) is 15.2. The first-order valence-electron chi connectivity index (χ1n) is 20.8. The third-order valence-corrected chi connectivity index (χ3v) is 12.1. The summed E-state index contributed by atoms with van der Waals surface area (Å²) < 4.78 is 0. The summed E-state index contributed by atoms with van der Waals surface area (Å²) in [5.41, 5.74) is 16.8. The van der Waals surface area contributed by atoms with Crippen LogP contribution in [0.4, 0.5) is 0 Å². The van der Waals surface area contributed by atoms with Crippen molar-refractivity contribution in [2.24, 2.45) is 0 Å². The van der Waals surface area contributed by atoms with Crippen LogP contribution in [-0.4, -0.2) is 0 Å². The molecule has 0 heterocycles. The largest absolute Gasteiger partial charge is 0.0622 e. The van der Waals surface area contributed by atoms with Gasteiger partial charge in [0.1, 0.15) is 0 Å². The Balaban J connectivity index is 1.41. The lowest BCUT2D eigenvalue weighted by Gasteiger charge is -2.27. The lowest BCUT2D eigenvalue weighted by atomic mass is 9.75. The molecule has 0 bridgehead atoms. The molecule has 0 heteroatoms. The van der Waals surface area contributed by atoms with Crippen molar-refractivity contribution in [3.63, 3.8) is 0 Å². The number of fused-ring (bicyclic) bond motifs is 3. The molecule has 0 saturated heterocycles. The van der Waals surface area contributed by atoms with Gasteiger partial charge >= 0.3 is 0 Å². The third kappa shape index (κ3) is 6.18. The molecule has 11 aromatic carbocycles. The molecule has 60 heavy (non-hydrogen) atoms. The van der Waals surface area contributed by atoms with E-state index >= 15 is 0 Å². The van der Waals surface area contributed by atoms with Crippen LogP contribution < -0.4 is 0 Å². The van der Waals surface area contributed by atoms with Gasteiger partial charge in [-0.1, -0.05) is 224 Å². The second-order valence-corrected chi connectivity index (χ2v) is 15.5. The van der Waals surface area contributed by atoms with Crippen molar-refractivity contribution in [1.29, 1.82) is 0 Å². The summed E-state index contributed by atoms with van der Waals surface area (Å²) in [6.07, 6.45) is 0. The zero-order valence-electron chi connectivity index (χ0n) is 33.1. The molecule has 0 aliphatic carbocycles. The normalized spacial score (nSPS) is 11.3. The zero-order chi connectivity index (χ0) is 39.8. The molecule has 0 unspecified atom stereocenters. The fourth-order valence-electron chi connectivity index (χ4n) is 9.36. The molecule has 0 nitrogen and oxygen atoms in total. The molecule has 0 aromatic heterocycles. The Hall–Kier alpha value is -7.80. The van der Waals surface area contributed by atoms with Gasteiger partial charge in [-0.3, -0.25) is 0 Å². The maximum Gasteiger partial charge on any atom is -0.000763 e. The molecule has 11 rings (SSSR count). The summed E-state index contributed by atoms with van der Waals surface area (Å²) in [5, 5.41) is 7.35. The molecular formula is C60H40. The summed E-state index contributed by atoms with van der Waals surface area (Å²) in [4.78, 5) is 0. The maximum atomic E-state index is 2.50. The number of rotatable bonds is 7. The first-order valence-corrected chi connectivity index (χ1v) is 20.8. The number of hydrogen-bond donors (Lipinski definition) is 0. The topological polar surface area (TPSA) is 0 Å². The van der Waals surface area contributed by atoms with Crippen LogP contribution in [0.1, 0.15) is 0 Å². The van der Waals surface area contributed by atoms with Crippen molar-refractivity contribution in [3.05, 3.63) is 243 Å². The van der Waals surface area contributed by atoms with Crippen LogP contribution in [0.25, 0.3) is 110 Å². The SMILES string of the molecule is c1ccc(-c2ccccc2-c2cc(-c3ccccc3)c(-c3cccc4ccccc34)c(-c3cccc4cc5ccccc5cc34)c2-c2ccccc2-c2ccccc2)cc1. The lowest BCUT2D eigenvalue weighted by molar-refractivity contribution is 1.53. The van der Waals surface area contributed by atoms with Crippen LogP contribution in [0.2, 0.25) is 0 Å². The van der Waals surface area contributed by atoms with Gasteiger partial charge in [0.2, 0.25) is 0 Å². The van der Waals surface area contributed by atoms with Gasteiger partial charge in [-0.15, -0.1) is 0 Å². The Morgan fingerprint density at radius 1 is 0.167 bits per heavy atom. The third-order valence-electron chi connectivity index (χ3n) is 12.1. The van der Waals surface area contributed by atoms with Gasteiger partial charge in [-0.2, -0.15) is 0 Å². The molecule has 0 amide bonds. The standard InChI is InChI=1S/C60H40/c1-4-20-41(21-5-1)48-31-14-16-34-51(48)57-40-56(44-24-8-3-9-25-44)58(53-36-18-29-43-26-12-13-32-50(43)53)60(59(57)52-35-17-15-33-49(52)42-22-6-2-7-23-42)54-37-19-30-47-38-45-27-10-11-28-46(45)39-55(47)54/h1-40H. The Morgan fingerprint density at radius 2 is 0.567 bits per heavy atom. The molecule has 280 valence electrons. The predicted molar refractivity (Wildman–Crippen MR) is 257 cm³/mol. The molecule has 0 radical (unpaired) electrons. The van der Waals surface area contributed by atoms with E-state index in [4.69, 9.17) is 0 Å². The minimum Gasteiger partial charge on any atom is -0.0622 e. The van der Waals surface area contributed by atoms with Crippen LogP contribution in [0.5, 0.6) is 0 Å². The van der Waals surface area contributed by atoms with Gasteiger partial charge in [-0.25, -0.2) is 0 Å². The summed E-state index contributed by atoms with van der Waals surface area (Å²) in [7, 11) is 0. The van der Waals surface area contributed by atoms with Crippen LogP contribution in [0.3, 0.4) is 0 Å². The van der Waals surface area contributed by atoms with Gasteiger partial charge in [0.15, 0.2) is 0 Å². The quantitative estimate of drug-likeness (QED) is 0.142. The Labute approximate surface area is 351 Å². The van der Waals surface area contributed by atoms with E-state index in [1.807, 2.05) is 0 Å². The molecule has 0 saturated carbocycles. The van der Waals surface area contributed by atoms with Crippen molar-refractivity contribution in [3.8, 4) is 77.9 Å². The van der Waals surface area contributed by atoms with Gasteiger partial charge in [0.05, 0.1) is 0 Å². The average molecular weight is 761 g/mol. The summed E-state index contributed by atoms with van der Waals surface area (Å²) >= 11 is 0. The van der Waals surface area contributed by atoms with E-state index < -0.39 is 0 Å². The van der Waals surface area contributed by atoms with E-state index in [0.717, 1.165) is 0 Å². The molecule has 0 N–H and O–H groups in total. The van der Waals surface area contributed by atoms with E-state index in [-0.39, 0.29) is 0 Å². The van der Waals surface area contributed by atoms with Gasteiger partial charge < -0.3 is 0 Å². The van der Waals surface area contributed by atoms with Crippen molar-refractivity contribution >= 4 is 32.3 Å². The van der Waals surface area contributed by atoms with Gasteiger partial charge in [-0.05, 0) is 128 Å². The molecule has 0 atom stereocenters. The van der Waals surface area contributed by atoms with E-state index in [1.54, 1.807) is 0 Å². The molecule has 0 fully saturated rings. The van der Waals surface area contributed by atoms with E-state index in [0.29, 0.717) is 0 Å². The van der Waals surface area contributed by atoms with Crippen LogP contribution in [0.15, 0.2) is 243 Å². The average Bonchev–Trinajstić information content (AvgIpc) is 3.33. The lowest BCUT2D eigenvalue weighted by Crippen LogP contribution is -2.01. The fourth-order valence-corrected chi connectivity index (χ4v) is 9.36. The van der Waals surface area contributed by atoms with Crippen LogP contribution >= 0.6 is 0 Å². The molecule has 11 aromatic rings. The van der Waals surface area contributed by atoms with E-state index in [9.17, 15) is 0 Å². The van der Waals surface area contributed by atoms with E-state index in [2.05, 4.69) is 243 Å². The highest BCUT2D eigenvalue weighted by Gasteiger charge is 2.28. The summed E-state index contributed by atoms with van der Waals surface area (Å²) in [6, 6.07) is 89.2. The van der Waals surface area contributed by atoms with Crippen molar-refractivity contribution in [1.82, 2.24) is 0 Å². The Kier molecular flexibility index (Phi) is 8.95. The highest BCUT2D eigenvalue weighted by Crippen LogP contribution is 2.55. The Bertz CT molecular complexity index is 3340. The van der Waals surface area contributed by atoms with Crippen molar-refractivity contribution in [2.45, 2.75) is 0 Å². The number of hydrogen-bond acceptors (Lipinski definition) is 0. The highest BCUT2D eigenvalue weighted by atomic mass is 14.3. The zero-order valence-corrected chi connectivity index (χ0v) is 33.1. The second-order valence-electron chi connectivity index (χ2n) is 15.5. The molecule has 0 aliphatic heterocycles. The van der Waals surface area contributed by atoms with Crippen LogP contribution in [0, 0.1) is 0 Å². The summed E-state index contributed by atoms with van der Waals surface area (Å²) in [5.74, 6) is 0. The first kappa shape index (κ1) is 35.4. The predicted octanol–water partition coefficient (Wildman–Crippen LogP) is 16.8. The van der Waals surface area contributed by atoms with Gasteiger partial charge in [0, 0.05) is 0 Å². The first-order chi connectivity index (χ1) is 29.8. The molecule has 0 spiro atoms.